The third kappa shape index (κ3) is 4.70. The summed E-state index contributed by atoms with van der Waals surface area (Å²) in [5.74, 6) is -1.35. The predicted molar refractivity (Wildman–Crippen MR) is 84.4 cm³/mol. The average Bonchev–Trinajstić information content (AvgIpc) is 2.53. The highest BCUT2D eigenvalue weighted by Gasteiger charge is 2.39. The van der Waals surface area contributed by atoms with E-state index < -0.39 is 11.5 Å². The van der Waals surface area contributed by atoms with Crippen LogP contribution in [0.1, 0.15) is 31.7 Å². The Morgan fingerprint density at radius 1 is 1.36 bits per heavy atom. The van der Waals surface area contributed by atoms with Crippen LogP contribution in [0, 0.1) is 0 Å². The Labute approximate surface area is 131 Å². The summed E-state index contributed by atoms with van der Waals surface area (Å²) in [6.45, 7) is 6.17. The predicted octanol–water partition coefficient (Wildman–Crippen LogP) is 2.48. The van der Waals surface area contributed by atoms with Gasteiger partial charge in [-0.25, -0.2) is 4.79 Å². The van der Waals surface area contributed by atoms with Crippen molar-refractivity contribution >= 4 is 11.9 Å². The normalized spacial score (nSPS) is 13.1. The summed E-state index contributed by atoms with van der Waals surface area (Å²) in [7, 11) is 0. The number of carbonyl (C=O) groups excluding carboxylic acids is 1. The van der Waals surface area contributed by atoms with E-state index in [0.29, 0.717) is 25.2 Å². The second kappa shape index (κ2) is 9.00. The summed E-state index contributed by atoms with van der Waals surface area (Å²) in [6.07, 6.45) is 2.67. The van der Waals surface area contributed by atoms with Gasteiger partial charge >= 0.3 is 5.97 Å². The molecule has 0 spiro atoms. The molecule has 5 heteroatoms. The quantitative estimate of drug-likeness (QED) is 0.514. The SMILES string of the molecule is C=CCOCCCC(=O)NC(CC)(C(=O)O)c1ccccc1. The lowest BCUT2D eigenvalue weighted by molar-refractivity contribution is -0.148. The molecule has 0 fully saturated rings. The first-order chi connectivity index (χ1) is 10.6. The Morgan fingerprint density at radius 2 is 2.05 bits per heavy atom. The summed E-state index contributed by atoms with van der Waals surface area (Å²) in [6, 6.07) is 8.76. The van der Waals surface area contributed by atoms with Gasteiger partial charge in [0, 0.05) is 13.0 Å². The molecular weight excluding hydrogens is 282 g/mol. The highest BCUT2D eigenvalue weighted by atomic mass is 16.5. The van der Waals surface area contributed by atoms with Crippen molar-refractivity contribution in [1.82, 2.24) is 5.32 Å². The van der Waals surface area contributed by atoms with Crippen LogP contribution in [0.2, 0.25) is 0 Å². The van der Waals surface area contributed by atoms with Gasteiger partial charge in [0.05, 0.1) is 6.61 Å². The molecule has 1 aromatic rings. The summed E-state index contributed by atoms with van der Waals surface area (Å²) < 4.78 is 5.21. The number of amides is 1. The minimum Gasteiger partial charge on any atom is -0.479 e. The number of carbonyl (C=O) groups is 2. The van der Waals surface area contributed by atoms with Crippen molar-refractivity contribution in [1.29, 1.82) is 0 Å². The van der Waals surface area contributed by atoms with Crippen LogP contribution in [-0.4, -0.2) is 30.2 Å². The lowest BCUT2D eigenvalue weighted by Gasteiger charge is -2.30. The maximum absolute atomic E-state index is 12.1. The van der Waals surface area contributed by atoms with E-state index in [0.717, 1.165) is 0 Å². The average molecular weight is 305 g/mol. The van der Waals surface area contributed by atoms with E-state index in [1.54, 1.807) is 37.3 Å². The highest BCUT2D eigenvalue weighted by molar-refractivity contribution is 5.88. The van der Waals surface area contributed by atoms with E-state index in [1.807, 2.05) is 6.07 Å². The molecule has 0 saturated heterocycles. The molecule has 1 aromatic carbocycles. The van der Waals surface area contributed by atoms with Gasteiger partial charge in [0.2, 0.25) is 5.91 Å². The first-order valence-corrected chi connectivity index (χ1v) is 7.35. The van der Waals surface area contributed by atoms with Gasteiger partial charge in [-0.1, -0.05) is 43.3 Å². The van der Waals surface area contributed by atoms with Crippen molar-refractivity contribution in [2.75, 3.05) is 13.2 Å². The number of ether oxygens (including phenoxy) is 1. The second-order valence-corrected chi connectivity index (χ2v) is 4.95. The Bertz CT molecular complexity index is 501. The standard InChI is InChI=1S/C17H23NO4/c1-3-12-22-13-8-11-15(19)18-17(4-2,16(20)21)14-9-6-5-7-10-14/h3,5-7,9-10H,1,4,8,11-13H2,2H3,(H,18,19)(H,20,21). The minimum atomic E-state index is -1.39. The number of rotatable bonds is 10. The molecule has 1 unspecified atom stereocenters. The first-order valence-electron chi connectivity index (χ1n) is 7.35. The maximum Gasteiger partial charge on any atom is 0.334 e. The Balaban J connectivity index is 2.72. The van der Waals surface area contributed by atoms with E-state index >= 15 is 0 Å². The van der Waals surface area contributed by atoms with E-state index in [1.165, 1.54) is 0 Å². The van der Waals surface area contributed by atoms with E-state index in [4.69, 9.17) is 4.74 Å². The Hall–Kier alpha value is -2.14. The molecule has 22 heavy (non-hydrogen) atoms. The summed E-state index contributed by atoms with van der Waals surface area (Å²) in [5.41, 5.74) is -0.818. The molecule has 1 atom stereocenters. The molecule has 0 aliphatic rings. The van der Waals surface area contributed by atoms with Crippen molar-refractivity contribution < 1.29 is 19.4 Å². The summed E-state index contributed by atoms with van der Waals surface area (Å²) >= 11 is 0. The van der Waals surface area contributed by atoms with Gasteiger partial charge in [-0.2, -0.15) is 0 Å². The number of aliphatic carboxylic acids is 1. The van der Waals surface area contributed by atoms with Crippen LogP contribution in [0.3, 0.4) is 0 Å². The number of nitrogens with one attached hydrogen (secondary N) is 1. The number of carboxylic acid groups (broad SMARTS) is 1. The summed E-state index contributed by atoms with van der Waals surface area (Å²) in [4.78, 5) is 23.8. The van der Waals surface area contributed by atoms with E-state index in [2.05, 4.69) is 11.9 Å². The van der Waals surface area contributed by atoms with Crippen LogP contribution < -0.4 is 5.32 Å². The lowest BCUT2D eigenvalue weighted by atomic mass is 9.87. The number of hydrogen-bond acceptors (Lipinski definition) is 3. The minimum absolute atomic E-state index is 0.221. The largest absolute Gasteiger partial charge is 0.479 e. The third-order valence-corrected chi connectivity index (χ3v) is 3.44. The maximum atomic E-state index is 12.1. The molecule has 0 heterocycles. The van der Waals surface area contributed by atoms with Crippen LogP contribution in [0.25, 0.3) is 0 Å². The third-order valence-electron chi connectivity index (χ3n) is 3.44. The second-order valence-electron chi connectivity index (χ2n) is 4.95. The van der Waals surface area contributed by atoms with Gasteiger partial charge < -0.3 is 15.2 Å². The molecular formula is C17H23NO4. The molecule has 0 radical (unpaired) electrons. The van der Waals surface area contributed by atoms with Gasteiger partial charge in [0.1, 0.15) is 0 Å². The fourth-order valence-corrected chi connectivity index (χ4v) is 2.22. The van der Waals surface area contributed by atoms with E-state index in [-0.39, 0.29) is 18.7 Å². The van der Waals surface area contributed by atoms with Gasteiger partial charge in [0.25, 0.3) is 0 Å². The molecule has 2 N–H and O–H groups in total. The van der Waals surface area contributed by atoms with Crippen LogP contribution in [0.5, 0.6) is 0 Å². The molecule has 0 aromatic heterocycles. The molecule has 1 rings (SSSR count). The van der Waals surface area contributed by atoms with Crippen molar-refractivity contribution in [2.45, 2.75) is 31.7 Å². The fraction of sp³-hybridized carbons (Fsp3) is 0.412. The Morgan fingerprint density at radius 3 is 2.59 bits per heavy atom. The molecule has 1 amide bonds. The smallest absolute Gasteiger partial charge is 0.334 e. The first kappa shape index (κ1) is 17.9. The molecule has 0 saturated carbocycles. The van der Waals surface area contributed by atoms with Gasteiger partial charge in [0.15, 0.2) is 5.54 Å². The van der Waals surface area contributed by atoms with Crippen LogP contribution in [0.4, 0.5) is 0 Å². The highest BCUT2D eigenvalue weighted by Crippen LogP contribution is 2.25. The number of benzene rings is 1. The zero-order valence-electron chi connectivity index (χ0n) is 12.9. The van der Waals surface area contributed by atoms with E-state index in [9.17, 15) is 14.7 Å². The van der Waals surface area contributed by atoms with Gasteiger partial charge in [-0.3, -0.25) is 4.79 Å². The lowest BCUT2D eigenvalue weighted by Crippen LogP contribution is -2.51. The summed E-state index contributed by atoms with van der Waals surface area (Å²) in [5, 5.41) is 12.3. The molecule has 0 aliphatic carbocycles. The fourth-order valence-electron chi connectivity index (χ4n) is 2.22. The van der Waals surface area contributed by atoms with Gasteiger partial charge in [-0.05, 0) is 18.4 Å². The number of hydrogen-bond donors (Lipinski definition) is 2. The molecule has 0 bridgehead atoms. The Kier molecular flexibility index (Phi) is 7.32. The molecule has 5 nitrogen and oxygen atoms in total. The zero-order valence-corrected chi connectivity index (χ0v) is 12.9. The van der Waals surface area contributed by atoms with Gasteiger partial charge in [-0.15, -0.1) is 6.58 Å². The monoisotopic (exact) mass is 305 g/mol. The van der Waals surface area contributed by atoms with Crippen molar-refractivity contribution in [3.05, 3.63) is 48.6 Å². The molecule has 0 aliphatic heterocycles. The number of carboxylic acids is 1. The topological polar surface area (TPSA) is 75.6 Å². The molecule has 120 valence electrons. The van der Waals surface area contributed by atoms with Crippen LogP contribution in [0.15, 0.2) is 43.0 Å². The van der Waals surface area contributed by atoms with Crippen LogP contribution in [-0.2, 0) is 19.9 Å². The van der Waals surface area contributed by atoms with Crippen molar-refractivity contribution in [3.63, 3.8) is 0 Å². The van der Waals surface area contributed by atoms with Crippen molar-refractivity contribution in [3.8, 4) is 0 Å². The van der Waals surface area contributed by atoms with Crippen molar-refractivity contribution in [2.24, 2.45) is 0 Å². The van der Waals surface area contributed by atoms with Crippen LogP contribution >= 0.6 is 0 Å². The zero-order chi connectivity index (χ0) is 16.4.